The number of amides is 1. The molecule has 1 aromatic rings. The van der Waals surface area contributed by atoms with Crippen molar-refractivity contribution >= 4 is 12.1 Å². The van der Waals surface area contributed by atoms with E-state index in [0.29, 0.717) is 5.75 Å². The zero-order valence-electron chi connectivity index (χ0n) is 17.7. The Kier molecular flexibility index (Phi) is 7.69. The summed E-state index contributed by atoms with van der Waals surface area (Å²) in [5.41, 5.74) is -1.54. The largest absolute Gasteiger partial charge is 0.486 e. The van der Waals surface area contributed by atoms with Crippen molar-refractivity contribution in [2.24, 2.45) is 5.92 Å². The van der Waals surface area contributed by atoms with E-state index in [4.69, 9.17) is 14.2 Å². The molecule has 152 valence electrons. The summed E-state index contributed by atoms with van der Waals surface area (Å²) in [5.74, 6) is 0.260. The molecule has 27 heavy (non-hydrogen) atoms. The minimum Gasteiger partial charge on any atom is -0.486 e. The molecule has 1 amide bonds. The number of nitrogens with one attached hydrogen (secondary N) is 1. The Morgan fingerprint density at radius 3 is 1.96 bits per heavy atom. The van der Waals surface area contributed by atoms with E-state index < -0.39 is 29.3 Å². The van der Waals surface area contributed by atoms with Crippen molar-refractivity contribution in [1.82, 2.24) is 5.32 Å². The third kappa shape index (κ3) is 7.89. The fourth-order valence-corrected chi connectivity index (χ4v) is 2.68. The number of ether oxygens (including phenoxy) is 3. The number of carbonyl (C=O) groups excluding carboxylic acids is 2. The van der Waals surface area contributed by atoms with Crippen molar-refractivity contribution in [1.29, 1.82) is 0 Å². The van der Waals surface area contributed by atoms with Gasteiger partial charge in [-0.05, 0) is 59.6 Å². The van der Waals surface area contributed by atoms with Gasteiger partial charge < -0.3 is 19.5 Å². The molecule has 1 rings (SSSR count). The van der Waals surface area contributed by atoms with Gasteiger partial charge in [-0.15, -0.1) is 0 Å². The average molecular weight is 379 g/mol. The Labute approximate surface area is 162 Å². The van der Waals surface area contributed by atoms with Gasteiger partial charge in [-0.25, -0.2) is 9.59 Å². The zero-order chi connectivity index (χ0) is 20.8. The smallest absolute Gasteiger partial charge is 0.408 e. The number of para-hydroxylation sites is 1. The lowest BCUT2D eigenvalue weighted by Gasteiger charge is -2.37. The summed E-state index contributed by atoms with van der Waals surface area (Å²) < 4.78 is 16.9. The third-order valence-electron chi connectivity index (χ3n) is 3.75. The van der Waals surface area contributed by atoms with Crippen molar-refractivity contribution in [2.45, 2.75) is 78.7 Å². The zero-order valence-corrected chi connectivity index (χ0v) is 17.7. The predicted octanol–water partition coefficient (Wildman–Crippen LogP) is 4.33. The lowest BCUT2D eigenvalue weighted by atomic mass is 9.91. The Morgan fingerprint density at radius 2 is 1.48 bits per heavy atom. The molecule has 2 unspecified atom stereocenters. The molecule has 0 radical (unpaired) electrons. The summed E-state index contributed by atoms with van der Waals surface area (Å²) in [6.07, 6.45) is -1.02. The maximum absolute atomic E-state index is 12.5. The monoisotopic (exact) mass is 379 g/mol. The minimum atomic E-state index is -0.898. The van der Waals surface area contributed by atoms with Crippen LogP contribution in [0, 0.1) is 5.92 Å². The molecule has 0 fully saturated rings. The van der Waals surface area contributed by atoms with Crippen LogP contribution >= 0.6 is 0 Å². The number of esters is 1. The maximum Gasteiger partial charge on any atom is 0.408 e. The molecular weight excluding hydrogens is 346 g/mol. The Morgan fingerprint density at radius 1 is 0.926 bits per heavy atom. The Bertz CT molecular complexity index is 619. The molecule has 0 aliphatic carbocycles. The lowest BCUT2D eigenvalue weighted by Crippen LogP contribution is -2.51. The summed E-state index contributed by atoms with van der Waals surface area (Å²) in [4.78, 5) is 24.3. The standard InChI is InChI=1S/C21H33NO5/c1-14(2)17(25-16-12-10-9-11-13-16)21(7,8)26-18(23)15(3)22-19(24)27-20(4,5)6/h9-15,17H,1-8H3,(H,22,24). The summed E-state index contributed by atoms with van der Waals surface area (Å²) in [5, 5.41) is 2.50. The van der Waals surface area contributed by atoms with E-state index >= 15 is 0 Å². The van der Waals surface area contributed by atoms with Gasteiger partial charge in [0.15, 0.2) is 0 Å². The van der Waals surface area contributed by atoms with Gasteiger partial charge in [0, 0.05) is 0 Å². The maximum atomic E-state index is 12.5. The molecule has 0 spiro atoms. The van der Waals surface area contributed by atoms with Gasteiger partial charge in [-0.3, -0.25) is 0 Å². The molecule has 1 aromatic carbocycles. The summed E-state index contributed by atoms with van der Waals surface area (Å²) in [7, 11) is 0. The van der Waals surface area contributed by atoms with E-state index in [9.17, 15) is 9.59 Å². The van der Waals surface area contributed by atoms with Crippen LogP contribution in [0.5, 0.6) is 5.75 Å². The van der Waals surface area contributed by atoms with Crippen molar-refractivity contribution in [3.8, 4) is 5.75 Å². The molecule has 0 saturated heterocycles. The number of hydrogen-bond acceptors (Lipinski definition) is 5. The molecule has 0 aromatic heterocycles. The first-order chi connectivity index (χ1) is 12.3. The van der Waals surface area contributed by atoms with Gasteiger partial charge in [0.1, 0.15) is 29.1 Å². The molecule has 6 heteroatoms. The van der Waals surface area contributed by atoms with E-state index in [0.717, 1.165) is 0 Å². The van der Waals surface area contributed by atoms with Gasteiger partial charge in [0.05, 0.1) is 0 Å². The average Bonchev–Trinajstić information content (AvgIpc) is 2.50. The molecular formula is C21H33NO5. The van der Waals surface area contributed by atoms with Gasteiger partial charge in [-0.2, -0.15) is 0 Å². The van der Waals surface area contributed by atoms with E-state index in [2.05, 4.69) is 5.32 Å². The number of benzene rings is 1. The summed E-state index contributed by atoms with van der Waals surface area (Å²) >= 11 is 0. The van der Waals surface area contributed by atoms with Crippen LogP contribution in [0.1, 0.15) is 55.4 Å². The number of carbonyl (C=O) groups is 2. The van der Waals surface area contributed by atoms with Crippen LogP contribution in [-0.2, 0) is 14.3 Å². The first-order valence-corrected chi connectivity index (χ1v) is 9.26. The molecule has 1 N–H and O–H groups in total. The van der Waals surface area contributed by atoms with Crippen molar-refractivity contribution in [2.75, 3.05) is 0 Å². The van der Waals surface area contributed by atoms with E-state index in [1.54, 1.807) is 41.5 Å². The Hall–Kier alpha value is -2.24. The highest BCUT2D eigenvalue weighted by Gasteiger charge is 2.39. The second-order valence-electron chi connectivity index (χ2n) is 8.49. The second kappa shape index (κ2) is 9.11. The lowest BCUT2D eigenvalue weighted by molar-refractivity contribution is -0.170. The highest BCUT2D eigenvalue weighted by molar-refractivity contribution is 5.81. The number of hydrogen-bond donors (Lipinski definition) is 1. The van der Waals surface area contributed by atoms with Crippen molar-refractivity contribution in [3.63, 3.8) is 0 Å². The van der Waals surface area contributed by atoms with E-state index in [-0.39, 0.29) is 12.0 Å². The van der Waals surface area contributed by atoms with Gasteiger partial charge in [0.2, 0.25) is 0 Å². The molecule has 0 heterocycles. The predicted molar refractivity (Wildman–Crippen MR) is 105 cm³/mol. The van der Waals surface area contributed by atoms with Crippen LogP contribution in [-0.4, -0.2) is 35.4 Å². The van der Waals surface area contributed by atoms with Gasteiger partial charge in [-0.1, -0.05) is 32.0 Å². The van der Waals surface area contributed by atoms with E-state index in [1.165, 1.54) is 0 Å². The highest BCUT2D eigenvalue weighted by Crippen LogP contribution is 2.27. The fourth-order valence-electron chi connectivity index (χ4n) is 2.68. The highest BCUT2D eigenvalue weighted by atomic mass is 16.6. The number of rotatable bonds is 7. The SMILES string of the molecule is CC(NC(=O)OC(C)(C)C)C(=O)OC(C)(C)C(Oc1ccccc1)C(C)C. The van der Waals surface area contributed by atoms with Gasteiger partial charge >= 0.3 is 12.1 Å². The first kappa shape index (κ1) is 22.8. The van der Waals surface area contributed by atoms with Crippen LogP contribution in [0.25, 0.3) is 0 Å². The second-order valence-corrected chi connectivity index (χ2v) is 8.49. The molecule has 0 aliphatic heterocycles. The minimum absolute atomic E-state index is 0.0992. The van der Waals surface area contributed by atoms with Crippen LogP contribution < -0.4 is 10.1 Å². The topological polar surface area (TPSA) is 73.9 Å². The van der Waals surface area contributed by atoms with Crippen molar-refractivity contribution < 1.29 is 23.8 Å². The molecule has 0 aliphatic rings. The summed E-state index contributed by atoms with van der Waals surface area (Å²) in [6, 6.07) is 8.56. The molecule has 0 bridgehead atoms. The normalized spacial score (nSPS) is 14.3. The van der Waals surface area contributed by atoms with Crippen LogP contribution in [0.2, 0.25) is 0 Å². The Balaban J connectivity index is 2.76. The van der Waals surface area contributed by atoms with Crippen molar-refractivity contribution in [3.05, 3.63) is 30.3 Å². The van der Waals surface area contributed by atoms with Crippen LogP contribution in [0.15, 0.2) is 30.3 Å². The first-order valence-electron chi connectivity index (χ1n) is 9.26. The quantitative estimate of drug-likeness (QED) is 0.714. The van der Waals surface area contributed by atoms with Crippen LogP contribution in [0.4, 0.5) is 4.79 Å². The van der Waals surface area contributed by atoms with E-state index in [1.807, 2.05) is 44.2 Å². The molecule has 2 atom stereocenters. The fraction of sp³-hybridized carbons (Fsp3) is 0.619. The van der Waals surface area contributed by atoms with Gasteiger partial charge in [0.25, 0.3) is 0 Å². The molecule has 6 nitrogen and oxygen atoms in total. The third-order valence-corrected chi connectivity index (χ3v) is 3.75. The summed E-state index contributed by atoms with van der Waals surface area (Å²) in [6.45, 7) is 14.5. The van der Waals surface area contributed by atoms with Crippen LogP contribution in [0.3, 0.4) is 0 Å². The number of alkyl carbamates (subject to hydrolysis) is 1. The molecule has 0 saturated carbocycles.